The second-order valence-electron chi connectivity index (χ2n) is 4.10. The number of para-hydroxylation sites is 1. The van der Waals surface area contributed by atoms with Crippen molar-refractivity contribution >= 4 is 5.97 Å². The summed E-state index contributed by atoms with van der Waals surface area (Å²) in [5, 5.41) is 18.1. The Morgan fingerprint density at radius 3 is 2.62 bits per heavy atom. The maximum absolute atomic E-state index is 10.3. The minimum absolute atomic E-state index is 0.230. The molecule has 1 rings (SSSR count). The molecule has 0 amide bonds. The third kappa shape index (κ3) is 3.93. The number of carboxylic acids is 1. The zero-order chi connectivity index (χ0) is 12.0. The van der Waals surface area contributed by atoms with Gasteiger partial charge in [0.2, 0.25) is 0 Å². The highest BCUT2D eigenvalue weighted by Crippen LogP contribution is 2.28. The van der Waals surface area contributed by atoms with Crippen molar-refractivity contribution < 1.29 is 15.0 Å². The molecule has 0 fully saturated rings. The number of rotatable bonds is 6. The van der Waals surface area contributed by atoms with E-state index in [-0.39, 0.29) is 12.3 Å². The summed E-state index contributed by atoms with van der Waals surface area (Å²) in [4.78, 5) is 10.3. The molecular weight excluding hydrogens is 204 g/mol. The fraction of sp³-hybridized carbons (Fsp3) is 0.462. The highest BCUT2D eigenvalue weighted by atomic mass is 16.4. The average molecular weight is 222 g/mol. The first-order valence-corrected chi connectivity index (χ1v) is 5.61. The Bertz CT molecular complexity index is 347. The van der Waals surface area contributed by atoms with Crippen molar-refractivity contribution in [1.82, 2.24) is 0 Å². The van der Waals surface area contributed by atoms with E-state index in [4.69, 9.17) is 5.11 Å². The minimum Gasteiger partial charge on any atom is -0.508 e. The van der Waals surface area contributed by atoms with Crippen LogP contribution in [0.5, 0.6) is 5.75 Å². The summed E-state index contributed by atoms with van der Waals surface area (Å²) in [5.74, 6) is -0.140. The van der Waals surface area contributed by atoms with Gasteiger partial charge in [0.15, 0.2) is 0 Å². The molecule has 1 aromatic carbocycles. The Kier molecular flexibility index (Phi) is 4.83. The molecule has 1 aromatic rings. The van der Waals surface area contributed by atoms with Gasteiger partial charge in [0.05, 0.1) is 0 Å². The highest BCUT2D eigenvalue weighted by Gasteiger charge is 2.09. The van der Waals surface area contributed by atoms with Gasteiger partial charge in [-0.3, -0.25) is 4.79 Å². The monoisotopic (exact) mass is 222 g/mol. The molecule has 0 saturated carbocycles. The zero-order valence-electron chi connectivity index (χ0n) is 9.52. The van der Waals surface area contributed by atoms with E-state index in [1.54, 1.807) is 12.1 Å². The molecule has 0 radical (unpaired) electrons. The highest BCUT2D eigenvalue weighted by molar-refractivity contribution is 5.66. The van der Waals surface area contributed by atoms with E-state index in [9.17, 15) is 9.90 Å². The normalized spacial score (nSPS) is 12.3. The summed E-state index contributed by atoms with van der Waals surface area (Å²) in [6.07, 6.45) is 2.72. The van der Waals surface area contributed by atoms with Crippen molar-refractivity contribution in [3.05, 3.63) is 29.8 Å². The van der Waals surface area contributed by atoms with Gasteiger partial charge in [-0.15, -0.1) is 0 Å². The lowest BCUT2D eigenvalue weighted by Gasteiger charge is -2.12. The van der Waals surface area contributed by atoms with Gasteiger partial charge in [-0.2, -0.15) is 0 Å². The number of benzene rings is 1. The van der Waals surface area contributed by atoms with E-state index < -0.39 is 5.97 Å². The number of hydrogen-bond acceptors (Lipinski definition) is 2. The molecule has 0 bridgehead atoms. The van der Waals surface area contributed by atoms with Crippen LogP contribution in [0.2, 0.25) is 0 Å². The quantitative estimate of drug-likeness (QED) is 0.727. The molecule has 16 heavy (non-hydrogen) atoms. The Morgan fingerprint density at radius 1 is 1.31 bits per heavy atom. The number of carbonyl (C=O) groups is 1. The number of unbranched alkanes of at least 4 members (excludes halogenated alkanes) is 1. The Balaban J connectivity index is 2.38. The van der Waals surface area contributed by atoms with E-state index in [1.807, 2.05) is 12.1 Å². The Morgan fingerprint density at radius 2 is 2.00 bits per heavy atom. The van der Waals surface area contributed by atoms with Crippen molar-refractivity contribution in [1.29, 1.82) is 0 Å². The lowest BCUT2D eigenvalue weighted by atomic mass is 9.94. The zero-order valence-corrected chi connectivity index (χ0v) is 9.52. The summed E-state index contributed by atoms with van der Waals surface area (Å²) in [6.45, 7) is 2.05. The fourth-order valence-electron chi connectivity index (χ4n) is 1.79. The van der Waals surface area contributed by atoms with Crippen molar-refractivity contribution in [2.24, 2.45) is 0 Å². The van der Waals surface area contributed by atoms with E-state index in [2.05, 4.69) is 6.92 Å². The summed E-state index contributed by atoms with van der Waals surface area (Å²) in [6, 6.07) is 7.30. The second-order valence-corrected chi connectivity index (χ2v) is 4.10. The van der Waals surface area contributed by atoms with Gasteiger partial charge in [0.1, 0.15) is 5.75 Å². The molecule has 88 valence electrons. The molecule has 0 aliphatic heterocycles. The van der Waals surface area contributed by atoms with Crippen LogP contribution in [0, 0.1) is 0 Å². The molecule has 2 N–H and O–H groups in total. The lowest BCUT2D eigenvalue weighted by Crippen LogP contribution is -1.97. The van der Waals surface area contributed by atoms with Crippen LogP contribution in [-0.2, 0) is 4.79 Å². The van der Waals surface area contributed by atoms with Crippen molar-refractivity contribution in [2.75, 3.05) is 0 Å². The first kappa shape index (κ1) is 12.6. The van der Waals surface area contributed by atoms with E-state index in [0.717, 1.165) is 18.4 Å². The summed E-state index contributed by atoms with van der Waals surface area (Å²) < 4.78 is 0. The number of aliphatic carboxylic acids is 1. The number of phenolic OH excluding ortho intramolecular Hbond substituents is 1. The largest absolute Gasteiger partial charge is 0.508 e. The van der Waals surface area contributed by atoms with Crippen LogP contribution in [-0.4, -0.2) is 16.2 Å². The van der Waals surface area contributed by atoms with Gasteiger partial charge in [-0.05, 0) is 30.4 Å². The number of carboxylic acid groups (broad SMARTS) is 1. The van der Waals surface area contributed by atoms with Crippen LogP contribution in [0.25, 0.3) is 0 Å². The number of phenols is 1. The maximum atomic E-state index is 10.3. The van der Waals surface area contributed by atoms with E-state index >= 15 is 0 Å². The van der Waals surface area contributed by atoms with Crippen molar-refractivity contribution in [3.63, 3.8) is 0 Å². The SMILES string of the molecule is CC(CCCCC(=O)O)c1ccccc1O. The van der Waals surface area contributed by atoms with Gasteiger partial charge >= 0.3 is 5.97 Å². The first-order valence-electron chi connectivity index (χ1n) is 5.61. The molecule has 0 aromatic heterocycles. The summed E-state index contributed by atoms with van der Waals surface area (Å²) in [5.41, 5.74) is 0.942. The van der Waals surface area contributed by atoms with Crippen LogP contribution in [0.15, 0.2) is 24.3 Å². The van der Waals surface area contributed by atoms with E-state index in [0.29, 0.717) is 12.2 Å². The Hall–Kier alpha value is -1.51. The van der Waals surface area contributed by atoms with Crippen LogP contribution in [0.1, 0.15) is 44.1 Å². The smallest absolute Gasteiger partial charge is 0.303 e. The summed E-state index contributed by atoms with van der Waals surface area (Å²) >= 11 is 0. The number of hydrogen-bond donors (Lipinski definition) is 2. The second kappa shape index (κ2) is 6.16. The third-order valence-electron chi connectivity index (χ3n) is 2.75. The molecule has 1 unspecified atom stereocenters. The maximum Gasteiger partial charge on any atom is 0.303 e. The van der Waals surface area contributed by atoms with Gasteiger partial charge in [-0.1, -0.05) is 31.5 Å². The first-order chi connectivity index (χ1) is 7.61. The molecule has 0 heterocycles. The molecule has 1 atom stereocenters. The molecule has 3 heteroatoms. The molecule has 0 aliphatic carbocycles. The van der Waals surface area contributed by atoms with Gasteiger partial charge < -0.3 is 10.2 Å². The van der Waals surface area contributed by atoms with Crippen LogP contribution >= 0.6 is 0 Å². The minimum atomic E-state index is -0.741. The molecule has 0 saturated heterocycles. The lowest BCUT2D eigenvalue weighted by molar-refractivity contribution is -0.137. The molecule has 0 spiro atoms. The van der Waals surface area contributed by atoms with Crippen molar-refractivity contribution in [2.45, 2.75) is 38.5 Å². The molecule has 0 aliphatic rings. The predicted octanol–water partition coefficient (Wildman–Crippen LogP) is 3.14. The predicted molar refractivity (Wildman–Crippen MR) is 62.6 cm³/mol. The fourth-order valence-corrected chi connectivity index (χ4v) is 1.79. The van der Waals surface area contributed by atoms with Gasteiger partial charge in [0, 0.05) is 6.42 Å². The van der Waals surface area contributed by atoms with Gasteiger partial charge in [-0.25, -0.2) is 0 Å². The van der Waals surface area contributed by atoms with Crippen LogP contribution in [0.3, 0.4) is 0 Å². The Labute approximate surface area is 95.7 Å². The number of aromatic hydroxyl groups is 1. The third-order valence-corrected chi connectivity index (χ3v) is 2.75. The van der Waals surface area contributed by atoms with E-state index in [1.165, 1.54) is 0 Å². The average Bonchev–Trinajstić information content (AvgIpc) is 2.24. The topological polar surface area (TPSA) is 57.5 Å². The van der Waals surface area contributed by atoms with Crippen LogP contribution in [0.4, 0.5) is 0 Å². The van der Waals surface area contributed by atoms with Crippen LogP contribution < -0.4 is 0 Å². The molecule has 3 nitrogen and oxygen atoms in total. The van der Waals surface area contributed by atoms with Gasteiger partial charge in [0.25, 0.3) is 0 Å². The summed E-state index contributed by atoms with van der Waals surface area (Å²) in [7, 11) is 0. The standard InChI is InChI=1S/C13H18O3/c1-10(6-2-5-9-13(15)16)11-7-3-4-8-12(11)14/h3-4,7-8,10,14H,2,5-6,9H2,1H3,(H,15,16). The van der Waals surface area contributed by atoms with Crippen molar-refractivity contribution in [3.8, 4) is 5.75 Å². The molecular formula is C13H18O3.